The van der Waals surface area contributed by atoms with Crippen LogP contribution >= 0.6 is 0 Å². The number of hydrogen-bond acceptors (Lipinski definition) is 4. The van der Waals surface area contributed by atoms with Crippen molar-refractivity contribution >= 4 is 17.5 Å². The lowest BCUT2D eigenvalue weighted by atomic mass is 10.00. The molecule has 5 rings (SSSR count). The second-order valence-electron chi connectivity index (χ2n) is 9.74. The molecule has 7 nitrogen and oxygen atoms in total. The van der Waals surface area contributed by atoms with Crippen molar-refractivity contribution in [3.63, 3.8) is 0 Å². The maximum Gasteiger partial charge on any atom is 0.416 e. The summed E-state index contributed by atoms with van der Waals surface area (Å²) in [5.41, 5.74) is 1.29. The largest absolute Gasteiger partial charge is 0.416 e. The minimum atomic E-state index is -4.56. The third-order valence-corrected chi connectivity index (χ3v) is 7.28. The van der Waals surface area contributed by atoms with Crippen molar-refractivity contribution in [3.8, 4) is 0 Å². The van der Waals surface area contributed by atoms with E-state index >= 15 is 0 Å². The van der Waals surface area contributed by atoms with Gasteiger partial charge in [0, 0.05) is 30.9 Å². The molecule has 1 saturated heterocycles. The van der Waals surface area contributed by atoms with Crippen molar-refractivity contribution in [1.82, 2.24) is 14.7 Å². The number of aliphatic hydroxyl groups is 1. The third-order valence-electron chi connectivity index (χ3n) is 7.28. The summed E-state index contributed by atoms with van der Waals surface area (Å²) in [5, 5.41) is 13.8. The second kappa shape index (κ2) is 10.3. The lowest BCUT2D eigenvalue weighted by molar-refractivity contribution is -0.138. The van der Waals surface area contributed by atoms with E-state index in [9.17, 15) is 27.5 Å². The number of hydrogen-bond donors (Lipinski definition) is 1. The normalized spacial score (nSPS) is 16.8. The number of aryl methyl sites for hydroxylation is 1. The van der Waals surface area contributed by atoms with Gasteiger partial charge in [-0.2, -0.15) is 18.3 Å². The van der Waals surface area contributed by atoms with E-state index < -0.39 is 17.8 Å². The number of carbonyl (C=O) groups excluding carboxylic acids is 1. The number of aromatic nitrogens is 2. The van der Waals surface area contributed by atoms with E-state index in [4.69, 9.17) is 0 Å². The van der Waals surface area contributed by atoms with E-state index in [1.54, 1.807) is 17.2 Å². The van der Waals surface area contributed by atoms with Gasteiger partial charge in [0.15, 0.2) is 5.82 Å². The van der Waals surface area contributed by atoms with Crippen molar-refractivity contribution in [2.75, 3.05) is 29.5 Å². The molecule has 11 heteroatoms. The molecule has 38 heavy (non-hydrogen) atoms. The van der Waals surface area contributed by atoms with Gasteiger partial charge in [-0.05, 0) is 43.0 Å². The first-order valence-corrected chi connectivity index (χ1v) is 12.6. The van der Waals surface area contributed by atoms with Crippen molar-refractivity contribution in [1.29, 1.82) is 0 Å². The summed E-state index contributed by atoms with van der Waals surface area (Å²) < 4.78 is 57.2. The molecule has 2 aromatic carbocycles. The quantitative estimate of drug-likeness (QED) is 0.457. The summed E-state index contributed by atoms with van der Waals surface area (Å²) in [6.07, 6.45) is -1.66. The first-order valence-electron chi connectivity index (χ1n) is 12.6. The SMILES string of the molecule is Cc1cccc(F)c1N1CCC(N2Cc3cn(CCO)nc3N(Cc3ccccc3C(F)(F)F)C2=O)CC1. The maximum absolute atomic E-state index is 14.5. The van der Waals surface area contributed by atoms with Gasteiger partial charge in [-0.1, -0.05) is 30.3 Å². The van der Waals surface area contributed by atoms with Crippen LogP contribution in [0.1, 0.15) is 35.1 Å². The van der Waals surface area contributed by atoms with Crippen LogP contribution in [0.5, 0.6) is 0 Å². The number of aliphatic hydroxyl groups excluding tert-OH is 1. The fourth-order valence-electron chi connectivity index (χ4n) is 5.46. The zero-order valence-electron chi connectivity index (χ0n) is 21.0. The molecular formula is C27H29F4N5O2. The van der Waals surface area contributed by atoms with Crippen LogP contribution in [0, 0.1) is 12.7 Å². The fraction of sp³-hybridized carbons (Fsp3) is 0.407. The van der Waals surface area contributed by atoms with Gasteiger partial charge in [-0.15, -0.1) is 0 Å². The monoisotopic (exact) mass is 531 g/mol. The molecule has 0 unspecified atom stereocenters. The molecule has 2 amide bonds. The molecule has 2 aliphatic heterocycles. The Labute approximate surface area is 217 Å². The van der Waals surface area contributed by atoms with Crippen LogP contribution in [-0.4, -0.2) is 51.6 Å². The summed E-state index contributed by atoms with van der Waals surface area (Å²) in [4.78, 5) is 18.7. The lowest BCUT2D eigenvalue weighted by Gasteiger charge is -2.43. The Hall–Kier alpha value is -3.60. The van der Waals surface area contributed by atoms with Gasteiger partial charge in [0.2, 0.25) is 0 Å². The predicted octanol–water partition coefficient (Wildman–Crippen LogP) is 4.95. The number of fused-ring (bicyclic) bond motifs is 1. The molecule has 2 aliphatic rings. The summed E-state index contributed by atoms with van der Waals surface area (Å²) in [7, 11) is 0. The van der Waals surface area contributed by atoms with E-state index in [1.807, 2.05) is 17.9 Å². The van der Waals surface area contributed by atoms with Crippen LogP contribution < -0.4 is 9.80 Å². The molecule has 0 radical (unpaired) electrons. The Kier molecular flexibility index (Phi) is 7.04. The summed E-state index contributed by atoms with van der Waals surface area (Å²) >= 11 is 0. The Bertz CT molecular complexity index is 1300. The van der Waals surface area contributed by atoms with E-state index in [0.29, 0.717) is 43.0 Å². The summed E-state index contributed by atoms with van der Waals surface area (Å²) in [6, 6.07) is 9.61. The first kappa shape index (κ1) is 26.0. The Morgan fingerprint density at radius 1 is 1.08 bits per heavy atom. The molecule has 0 bridgehead atoms. The van der Waals surface area contributed by atoms with Gasteiger partial charge in [0.25, 0.3) is 0 Å². The number of carbonyl (C=O) groups is 1. The maximum atomic E-state index is 14.5. The molecule has 3 aromatic rings. The highest BCUT2D eigenvalue weighted by Crippen LogP contribution is 2.37. The van der Waals surface area contributed by atoms with Gasteiger partial charge < -0.3 is 14.9 Å². The smallest absolute Gasteiger partial charge is 0.394 e. The van der Waals surface area contributed by atoms with Crippen LogP contribution in [0.15, 0.2) is 48.7 Å². The Balaban J connectivity index is 1.42. The zero-order chi connectivity index (χ0) is 27.0. The van der Waals surface area contributed by atoms with Crippen LogP contribution in [-0.2, 0) is 25.8 Å². The number of piperidine rings is 1. The van der Waals surface area contributed by atoms with E-state index in [2.05, 4.69) is 5.10 Å². The highest BCUT2D eigenvalue weighted by molar-refractivity contribution is 5.94. The Morgan fingerprint density at radius 3 is 2.50 bits per heavy atom. The van der Waals surface area contributed by atoms with Crippen molar-refractivity contribution in [2.24, 2.45) is 0 Å². The number of alkyl halides is 3. The number of urea groups is 1. The van der Waals surface area contributed by atoms with Crippen LogP contribution in [0.25, 0.3) is 0 Å². The highest BCUT2D eigenvalue weighted by Gasteiger charge is 2.40. The second-order valence-corrected chi connectivity index (χ2v) is 9.74. The van der Waals surface area contributed by atoms with Gasteiger partial charge in [-0.25, -0.2) is 9.18 Å². The summed E-state index contributed by atoms with van der Waals surface area (Å²) in [6.45, 7) is 2.97. The summed E-state index contributed by atoms with van der Waals surface area (Å²) in [5.74, 6) is 0.0176. The molecule has 1 N–H and O–H groups in total. The Morgan fingerprint density at radius 2 is 1.82 bits per heavy atom. The molecular weight excluding hydrogens is 502 g/mol. The van der Waals surface area contributed by atoms with Crippen LogP contribution in [0.3, 0.4) is 0 Å². The topological polar surface area (TPSA) is 64.8 Å². The van der Waals surface area contributed by atoms with Gasteiger partial charge in [-0.3, -0.25) is 9.58 Å². The van der Waals surface area contributed by atoms with Crippen LogP contribution in [0.2, 0.25) is 0 Å². The number of halogens is 4. The number of rotatable bonds is 6. The third kappa shape index (κ3) is 4.94. The molecule has 1 aromatic heterocycles. The molecule has 0 spiro atoms. The van der Waals surface area contributed by atoms with Gasteiger partial charge in [0.05, 0.1) is 37.5 Å². The molecule has 0 saturated carbocycles. The van der Waals surface area contributed by atoms with Crippen molar-refractivity contribution in [3.05, 3.63) is 76.7 Å². The lowest BCUT2D eigenvalue weighted by Crippen LogP contribution is -2.54. The van der Waals surface area contributed by atoms with E-state index in [0.717, 1.165) is 11.6 Å². The fourth-order valence-corrected chi connectivity index (χ4v) is 5.46. The molecule has 0 aliphatic carbocycles. The van der Waals surface area contributed by atoms with Crippen LogP contribution in [0.4, 0.5) is 33.9 Å². The molecule has 3 heterocycles. The zero-order valence-corrected chi connectivity index (χ0v) is 21.0. The average molecular weight is 532 g/mol. The minimum Gasteiger partial charge on any atom is -0.394 e. The number of para-hydroxylation sites is 1. The minimum absolute atomic E-state index is 0.0253. The van der Waals surface area contributed by atoms with Crippen molar-refractivity contribution in [2.45, 2.75) is 51.6 Å². The number of anilines is 2. The highest BCUT2D eigenvalue weighted by atomic mass is 19.4. The molecule has 0 atom stereocenters. The van der Waals surface area contributed by atoms with E-state index in [-0.39, 0.29) is 43.7 Å². The molecule has 1 fully saturated rings. The first-order chi connectivity index (χ1) is 18.2. The van der Waals surface area contributed by atoms with E-state index in [1.165, 1.54) is 33.8 Å². The van der Waals surface area contributed by atoms with Crippen molar-refractivity contribution < 1.29 is 27.5 Å². The molecule has 202 valence electrons. The predicted molar refractivity (Wildman–Crippen MR) is 134 cm³/mol. The number of amides is 2. The van der Waals surface area contributed by atoms with Gasteiger partial charge >= 0.3 is 12.2 Å². The average Bonchev–Trinajstić information content (AvgIpc) is 3.28. The number of nitrogens with zero attached hydrogens (tertiary/aromatic N) is 5. The van der Waals surface area contributed by atoms with Gasteiger partial charge in [0.1, 0.15) is 5.82 Å². The number of benzene rings is 2. The standard InChI is InChI=1S/C27H29F4N5O2/c1-18-5-4-8-23(28)24(18)33-11-9-21(10-12-33)35-17-20-15-34(13-14-37)32-25(20)36(26(35)38)16-19-6-2-3-7-22(19)27(29,30)31/h2-8,15,21,37H,9-14,16-17H2,1H3.